The lowest BCUT2D eigenvalue weighted by Crippen LogP contribution is -2.46. The van der Waals surface area contributed by atoms with Gasteiger partial charge < -0.3 is 5.32 Å². The standard InChI is InChI=1S/C16H21NO/c1-11-9-15-7-8-16(10-11,17-15)14-5-3-13(4-6-14)12(2)18/h3-6,11,15,17H,7-10H2,1-2H3. The number of benzene rings is 1. The number of Topliss-reactive ketones (excluding diaryl/α,β-unsaturated/α-hetero) is 1. The lowest BCUT2D eigenvalue weighted by Gasteiger charge is -2.38. The van der Waals surface area contributed by atoms with Crippen molar-refractivity contribution in [3.63, 3.8) is 0 Å². The molecule has 1 aromatic rings. The lowest BCUT2D eigenvalue weighted by atomic mass is 9.79. The van der Waals surface area contributed by atoms with Crippen LogP contribution >= 0.6 is 0 Å². The Balaban J connectivity index is 1.91. The number of fused-ring (bicyclic) bond motifs is 2. The van der Waals surface area contributed by atoms with Gasteiger partial charge in [-0.15, -0.1) is 0 Å². The SMILES string of the molecule is CC(=O)c1ccc(C23CCC(CC(C)C2)N3)cc1. The van der Waals surface area contributed by atoms with Crippen molar-refractivity contribution in [2.24, 2.45) is 5.92 Å². The predicted octanol–water partition coefficient (Wildman–Crippen LogP) is 3.27. The summed E-state index contributed by atoms with van der Waals surface area (Å²) < 4.78 is 0. The van der Waals surface area contributed by atoms with Crippen LogP contribution in [0.2, 0.25) is 0 Å². The van der Waals surface area contributed by atoms with Crippen LogP contribution in [-0.4, -0.2) is 11.8 Å². The summed E-state index contributed by atoms with van der Waals surface area (Å²) in [6.45, 7) is 3.98. The van der Waals surface area contributed by atoms with E-state index in [1.54, 1.807) is 6.92 Å². The highest BCUT2D eigenvalue weighted by atomic mass is 16.1. The van der Waals surface area contributed by atoms with E-state index in [1.165, 1.54) is 31.2 Å². The molecule has 2 heterocycles. The maximum Gasteiger partial charge on any atom is 0.159 e. The topological polar surface area (TPSA) is 29.1 Å². The molecule has 3 unspecified atom stereocenters. The fourth-order valence-electron chi connectivity index (χ4n) is 3.83. The average molecular weight is 243 g/mol. The Morgan fingerprint density at radius 1 is 1.33 bits per heavy atom. The van der Waals surface area contributed by atoms with E-state index < -0.39 is 0 Å². The summed E-state index contributed by atoms with van der Waals surface area (Å²) in [4.78, 5) is 11.3. The minimum Gasteiger partial charge on any atom is -0.305 e. The highest BCUT2D eigenvalue weighted by molar-refractivity contribution is 5.94. The van der Waals surface area contributed by atoms with Gasteiger partial charge in [0.15, 0.2) is 5.78 Å². The van der Waals surface area contributed by atoms with Crippen molar-refractivity contribution >= 4 is 5.78 Å². The Morgan fingerprint density at radius 3 is 2.72 bits per heavy atom. The molecule has 18 heavy (non-hydrogen) atoms. The quantitative estimate of drug-likeness (QED) is 0.808. The molecule has 0 amide bonds. The molecule has 0 aliphatic carbocycles. The molecular weight excluding hydrogens is 222 g/mol. The van der Waals surface area contributed by atoms with Crippen LogP contribution in [0.15, 0.2) is 24.3 Å². The number of ketones is 1. The van der Waals surface area contributed by atoms with Gasteiger partial charge in [-0.1, -0.05) is 31.2 Å². The van der Waals surface area contributed by atoms with Crippen LogP contribution in [0.4, 0.5) is 0 Å². The second kappa shape index (κ2) is 4.20. The maximum absolute atomic E-state index is 11.3. The van der Waals surface area contributed by atoms with Gasteiger partial charge in [0.2, 0.25) is 0 Å². The van der Waals surface area contributed by atoms with Crippen LogP contribution in [0.1, 0.15) is 55.5 Å². The van der Waals surface area contributed by atoms with Crippen molar-refractivity contribution < 1.29 is 4.79 Å². The molecule has 2 heteroatoms. The second-order valence-corrected chi connectivity index (χ2v) is 6.14. The Kier molecular flexibility index (Phi) is 2.78. The zero-order valence-corrected chi connectivity index (χ0v) is 11.2. The Labute approximate surface area is 109 Å². The molecule has 1 aromatic carbocycles. The first-order chi connectivity index (χ1) is 8.59. The first kappa shape index (κ1) is 11.9. The number of rotatable bonds is 2. The highest BCUT2D eigenvalue weighted by Gasteiger charge is 2.44. The van der Waals surface area contributed by atoms with Crippen molar-refractivity contribution in [3.05, 3.63) is 35.4 Å². The second-order valence-electron chi connectivity index (χ2n) is 6.14. The molecule has 2 nitrogen and oxygen atoms in total. The van der Waals surface area contributed by atoms with Crippen LogP contribution in [0.3, 0.4) is 0 Å². The van der Waals surface area contributed by atoms with Gasteiger partial charge in [-0.3, -0.25) is 4.79 Å². The maximum atomic E-state index is 11.3. The fraction of sp³-hybridized carbons (Fsp3) is 0.562. The minimum absolute atomic E-state index is 0.147. The molecule has 3 rings (SSSR count). The molecule has 0 saturated carbocycles. The summed E-state index contributed by atoms with van der Waals surface area (Å²) in [5.41, 5.74) is 2.35. The summed E-state index contributed by atoms with van der Waals surface area (Å²) in [5.74, 6) is 0.944. The van der Waals surface area contributed by atoms with Gasteiger partial charge in [-0.25, -0.2) is 0 Å². The third-order valence-corrected chi connectivity index (χ3v) is 4.63. The summed E-state index contributed by atoms with van der Waals surface area (Å²) in [7, 11) is 0. The van der Waals surface area contributed by atoms with Crippen molar-refractivity contribution in [1.82, 2.24) is 5.32 Å². The van der Waals surface area contributed by atoms with Crippen molar-refractivity contribution in [2.75, 3.05) is 0 Å². The normalized spacial score (nSPS) is 34.6. The molecule has 2 saturated heterocycles. The van der Waals surface area contributed by atoms with Gasteiger partial charge in [0.25, 0.3) is 0 Å². The molecule has 2 bridgehead atoms. The van der Waals surface area contributed by atoms with Gasteiger partial charge >= 0.3 is 0 Å². The van der Waals surface area contributed by atoms with Crippen LogP contribution in [0.25, 0.3) is 0 Å². The monoisotopic (exact) mass is 243 g/mol. The zero-order chi connectivity index (χ0) is 12.8. The fourth-order valence-corrected chi connectivity index (χ4v) is 3.83. The first-order valence-electron chi connectivity index (χ1n) is 6.98. The first-order valence-corrected chi connectivity index (χ1v) is 6.98. The van der Waals surface area contributed by atoms with Crippen LogP contribution in [0.5, 0.6) is 0 Å². The van der Waals surface area contributed by atoms with Gasteiger partial charge in [0.1, 0.15) is 0 Å². The summed E-state index contributed by atoms with van der Waals surface area (Å²) >= 11 is 0. The van der Waals surface area contributed by atoms with Crippen LogP contribution < -0.4 is 5.32 Å². The van der Waals surface area contributed by atoms with E-state index in [1.807, 2.05) is 12.1 Å². The minimum atomic E-state index is 0.147. The van der Waals surface area contributed by atoms with Crippen molar-refractivity contribution in [2.45, 2.75) is 51.1 Å². The number of hydrogen-bond acceptors (Lipinski definition) is 2. The molecular formula is C16H21NO. The molecule has 3 atom stereocenters. The number of carbonyl (C=O) groups excluding carboxylic acids is 1. The summed E-state index contributed by atoms with van der Waals surface area (Å²) in [5, 5.41) is 3.81. The highest BCUT2D eigenvalue weighted by Crippen LogP contribution is 2.45. The lowest BCUT2D eigenvalue weighted by molar-refractivity contribution is 0.101. The molecule has 2 fully saturated rings. The number of hydrogen-bond donors (Lipinski definition) is 1. The van der Waals surface area contributed by atoms with Crippen molar-refractivity contribution in [3.8, 4) is 0 Å². The van der Waals surface area contributed by atoms with Crippen LogP contribution in [-0.2, 0) is 5.54 Å². The van der Waals surface area contributed by atoms with Crippen molar-refractivity contribution in [1.29, 1.82) is 0 Å². The zero-order valence-electron chi connectivity index (χ0n) is 11.2. The number of piperidine rings is 1. The van der Waals surface area contributed by atoms with E-state index in [0.29, 0.717) is 6.04 Å². The van der Waals surface area contributed by atoms with Gasteiger partial charge in [-0.05, 0) is 44.1 Å². The number of carbonyl (C=O) groups is 1. The van der Waals surface area contributed by atoms with Gasteiger partial charge in [0.05, 0.1) is 0 Å². The summed E-state index contributed by atoms with van der Waals surface area (Å²) in [6, 6.07) is 8.93. The predicted molar refractivity (Wildman–Crippen MR) is 72.7 cm³/mol. The third kappa shape index (κ3) is 1.89. The smallest absolute Gasteiger partial charge is 0.159 e. The van der Waals surface area contributed by atoms with E-state index >= 15 is 0 Å². The average Bonchev–Trinajstić information content (AvgIpc) is 2.66. The molecule has 2 aliphatic rings. The van der Waals surface area contributed by atoms with Gasteiger partial charge in [0, 0.05) is 17.1 Å². The van der Waals surface area contributed by atoms with E-state index in [9.17, 15) is 4.79 Å². The molecule has 0 radical (unpaired) electrons. The molecule has 0 aromatic heterocycles. The van der Waals surface area contributed by atoms with E-state index in [4.69, 9.17) is 0 Å². The van der Waals surface area contributed by atoms with Gasteiger partial charge in [-0.2, -0.15) is 0 Å². The Morgan fingerprint density at radius 2 is 2.06 bits per heavy atom. The molecule has 96 valence electrons. The third-order valence-electron chi connectivity index (χ3n) is 4.63. The van der Waals surface area contributed by atoms with E-state index in [-0.39, 0.29) is 11.3 Å². The number of nitrogens with one attached hydrogen (secondary N) is 1. The van der Waals surface area contributed by atoms with E-state index in [2.05, 4.69) is 24.4 Å². The molecule has 0 spiro atoms. The van der Waals surface area contributed by atoms with Crippen LogP contribution in [0, 0.1) is 5.92 Å². The largest absolute Gasteiger partial charge is 0.305 e. The molecule has 2 aliphatic heterocycles. The Bertz CT molecular complexity index is 464. The summed E-state index contributed by atoms with van der Waals surface area (Å²) in [6.07, 6.45) is 5.07. The molecule has 1 N–H and O–H groups in total. The Hall–Kier alpha value is -1.15. The van der Waals surface area contributed by atoms with E-state index in [0.717, 1.165) is 11.5 Å².